The van der Waals surface area contributed by atoms with Gasteiger partial charge in [0.15, 0.2) is 0 Å². The zero-order valence-electron chi connectivity index (χ0n) is 14.3. The lowest BCUT2D eigenvalue weighted by Gasteiger charge is -2.44. The van der Waals surface area contributed by atoms with Crippen LogP contribution in [0.25, 0.3) is 0 Å². The van der Waals surface area contributed by atoms with Crippen LogP contribution in [0.4, 0.5) is 5.69 Å². The van der Waals surface area contributed by atoms with E-state index in [-0.39, 0.29) is 28.3 Å². The van der Waals surface area contributed by atoms with Gasteiger partial charge in [0.2, 0.25) is 15.9 Å². The molecule has 2 unspecified atom stereocenters. The van der Waals surface area contributed by atoms with E-state index in [0.29, 0.717) is 5.69 Å². The minimum Gasteiger partial charge on any atom is -0.327 e. The number of hydrogen-bond acceptors (Lipinski definition) is 5. The van der Waals surface area contributed by atoms with Crippen LogP contribution in [0.1, 0.15) is 27.2 Å². The average Bonchev–Trinajstić information content (AvgIpc) is 2.48. The first-order chi connectivity index (χ1) is 11.0. The zero-order chi connectivity index (χ0) is 18.1. The lowest BCUT2D eigenvalue weighted by atomic mass is 9.79. The molecule has 134 valence electrons. The summed E-state index contributed by atoms with van der Waals surface area (Å²) in [6.07, 6.45) is 0.855. The monoisotopic (exact) mass is 354 g/mol. The molecule has 0 aliphatic carbocycles. The minimum atomic E-state index is -3.73. The van der Waals surface area contributed by atoms with Crippen molar-refractivity contribution >= 4 is 21.6 Å². The number of nitrogens with zero attached hydrogens (tertiary/aromatic N) is 1. The Morgan fingerprint density at radius 1 is 1.33 bits per heavy atom. The van der Waals surface area contributed by atoms with Gasteiger partial charge in [-0.1, -0.05) is 13.8 Å². The molecule has 1 aliphatic rings. The van der Waals surface area contributed by atoms with Crippen LogP contribution in [0.5, 0.6) is 0 Å². The fourth-order valence-corrected chi connectivity index (χ4v) is 3.40. The van der Waals surface area contributed by atoms with Crippen LogP contribution in [-0.2, 0) is 14.8 Å². The second-order valence-electron chi connectivity index (χ2n) is 7.09. The van der Waals surface area contributed by atoms with Crippen molar-refractivity contribution in [1.82, 2.24) is 4.90 Å². The summed E-state index contributed by atoms with van der Waals surface area (Å²) in [6, 6.07) is 5.64. The fraction of sp³-hybridized carbons (Fsp3) is 0.562. The Morgan fingerprint density at radius 3 is 2.42 bits per heavy atom. The summed E-state index contributed by atoms with van der Waals surface area (Å²) in [5.74, 6) is -0.135. The Labute approximate surface area is 143 Å². The number of rotatable bonds is 4. The number of piperidine rings is 1. The molecule has 2 rings (SSSR count). The Balaban J connectivity index is 2.02. The van der Waals surface area contributed by atoms with Crippen LogP contribution in [0.3, 0.4) is 0 Å². The van der Waals surface area contributed by atoms with Crippen molar-refractivity contribution in [2.24, 2.45) is 16.3 Å². The molecule has 1 aromatic carbocycles. The van der Waals surface area contributed by atoms with Crippen LogP contribution in [-0.4, -0.2) is 44.4 Å². The van der Waals surface area contributed by atoms with E-state index >= 15 is 0 Å². The Morgan fingerprint density at radius 2 is 1.92 bits per heavy atom. The largest absolute Gasteiger partial charge is 0.327 e. The summed E-state index contributed by atoms with van der Waals surface area (Å²) in [4.78, 5) is 14.6. The molecule has 0 spiro atoms. The van der Waals surface area contributed by atoms with Crippen molar-refractivity contribution in [3.8, 4) is 0 Å². The van der Waals surface area contributed by atoms with Crippen molar-refractivity contribution in [3.63, 3.8) is 0 Å². The van der Waals surface area contributed by atoms with Gasteiger partial charge in [0.25, 0.3) is 0 Å². The summed E-state index contributed by atoms with van der Waals surface area (Å²) in [6.45, 7) is 7.62. The first-order valence-corrected chi connectivity index (χ1v) is 9.49. The van der Waals surface area contributed by atoms with Gasteiger partial charge in [0.1, 0.15) is 0 Å². The maximum atomic E-state index is 12.5. The van der Waals surface area contributed by atoms with Crippen LogP contribution < -0.4 is 16.2 Å². The second-order valence-corrected chi connectivity index (χ2v) is 8.65. The van der Waals surface area contributed by atoms with Crippen LogP contribution >= 0.6 is 0 Å². The summed E-state index contributed by atoms with van der Waals surface area (Å²) >= 11 is 0. The lowest BCUT2D eigenvalue weighted by molar-refractivity contribution is -0.122. The zero-order valence-corrected chi connectivity index (χ0v) is 15.1. The Bertz CT molecular complexity index is 701. The van der Waals surface area contributed by atoms with Gasteiger partial charge in [0.05, 0.1) is 10.9 Å². The molecule has 1 fully saturated rings. The maximum Gasteiger partial charge on any atom is 0.241 e. The molecule has 1 heterocycles. The van der Waals surface area contributed by atoms with E-state index < -0.39 is 10.0 Å². The van der Waals surface area contributed by atoms with Crippen LogP contribution in [0.15, 0.2) is 29.2 Å². The maximum absolute atomic E-state index is 12.5. The smallest absolute Gasteiger partial charge is 0.241 e. The van der Waals surface area contributed by atoms with E-state index in [4.69, 9.17) is 10.9 Å². The summed E-state index contributed by atoms with van der Waals surface area (Å²) in [5, 5.41) is 7.87. The predicted octanol–water partition coefficient (Wildman–Crippen LogP) is 0.720. The minimum absolute atomic E-state index is 0.0142. The second kappa shape index (κ2) is 6.79. The van der Waals surface area contributed by atoms with Crippen molar-refractivity contribution in [2.75, 3.05) is 18.4 Å². The van der Waals surface area contributed by atoms with E-state index in [1.807, 2.05) is 6.92 Å². The molecular formula is C16H26N4O3S. The molecule has 8 heteroatoms. The number of sulfonamides is 1. The van der Waals surface area contributed by atoms with Crippen LogP contribution in [0.2, 0.25) is 0 Å². The Kier molecular flexibility index (Phi) is 5.34. The molecule has 7 nitrogen and oxygen atoms in total. The third-order valence-electron chi connectivity index (χ3n) is 4.72. The number of anilines is 1. The molecule has 24 heavy (non-hydrogen) atoms. The summed E-state index contributed by atoms with van der Waals surface area (Å²) in [5.41, 5.74) is 6.63. The molecule has 2 atom stereocenters. The van der Waals surface area contributed by atoms with Crippen LogP contribution in [0, 0.1) is 5.41 Å². The standard InChI is InChI=1S/C16H26N4O3S/c1-11(20-9-8-14(17)16(2,3)10-20)15(21)19-12-4-6-13(7-5-12)24(18,22)23/h4-7,11,14H,8-10,17H2,1-3H3,(H,19,21)(H2,18,22,23). The molecule has 0 radical (unpaired) electrons. The van der Waals surface area contributed by atoms with Crippen molar-refractivity contribution < 1.29 is 13.2 Å². The van der Waals surface area contributed by atoms with Gasteiger partial charge in [-0.15, -0.1) is 0 Å². The van der Waals surface area contributed by atoms with Gasteiger partial charge in [0, 0.05) is 24.8 Å². The highest BCUT2D eigenvalue weighted by Crippen LogP contribution is 2.29. The number of primary sulfonamides is 1. The van der Waals surface area contributed by atoms with Gasteiger partial charge in [-0.2, -0.15) is 0 Å². The number of nitrogens with two attached hydrogens (primary N) is 2. The number of likely N-dealkylation sites (tertiary alicyclic amines) is 1. The summed E-state index contributed by atoms with van der Waals surface area (Å²) < 4.78 is 22.5. The number of amides is 1. The van der Waals surface area contributed by atoms with Crippen molar-refractivity contribution in [3.05, 3.63) is 24.3 Å². The Hall–Kier alpha value is -1.48. The highest BCUT2D eigenvalue weighted by Gasteiger charge is 2.36. The average molecular weight is 354 g/mol. The fourth-order valence-electron chi connectivity index (χ4n) is 2.89. The summed E-state index contributed by atoms with van der Waals surface area (Å²) in [7, 11) is -3.73. The molecule has 0 aromatic heterocycles. The third kappa shape index (κ3) is 4.32. The molecule has 1 aliphatic heterocycles. The SMILES string of the molecule is CC(C(=O)Nc1ccc(S(N)(=O)=O)cc1)N1CCC(N)C(C)(C)C1. The van der Waals surface area contributed by atoms with Gasteiger partial charge in [-0.3, -0.25) is 9.69 Å². The molecule has 1 aromatic rings. The van der Waals surface area contributed by atoms with E-state index in [9.17, 15) is 13.2 Å². The quantitative estimate of drug-likeness (QED) is 0.736. The molecular weight excluding hydrogens is 328 g/mol. The number of hydrogen-bond donors (Lipinski definition) is 3. The predicted molar refractivity (Wildman–Crippen MR) is 93.9 cm³/mol. The van der Waals surface area contributed by atoms with Gasteiger partial charge < -0.3 is 11.1 Å². The normalized spacial score (nSPS) is 22.8. The first-order valence-electron chi connectivity index (χ1n) is 7.94. The molecule has 1 amide bonds. The number of nitrogens with one attached hydrogen (secondary N) is 1. The van der Waals surface area contributed by atoms with E-state index in [2.05, 4.69) is 24.1 Å². The third-order valence-corrected chi connectivity index (χ3v) is 5.65. The molecule has 5 N–H and O–H groups in total. The number of carbonyl (C=O) groups is 1. The van der Waals surface area contributed by atoms with Crippen molar-refractivity contribution in [1.29, 1.82) is 0 Å². The van der Waals surface area contributed by atoms with Gasteiger partial charge >= 0.3 is 0 Å². The number of carbonyl (C=O) groups excluding carboxylic acids is 1. The van der Waals surface area contributed by atoms with Crippen molar-refractivity contribution in [2.45, 2.75) is 44.2 Å². The van der Waals surface area contributed by atoms with E-state index in [1.54, 1.807) is 0 Å². The van der Waals surface area contributed by atoms with Gasteiger partial charge in [-0.05, 0) is 43.0 Å². The van der Waals surface area contributed by atoms with Gasteiger partial charge in [-0.25, -0.2) is 13.6 Å². The first kappa shape index (κ1) is 18.9. The number of benzene rings is 1. The molecule has 1 saturated heterocycles. The highest BCUT2D eigenvalue weighted by atomic mass is 32.2. The lowest BCUT2D eigenvalue weighted by Crippen LogP contribution is -2.56. The van der Waals surface area contributed by atoms with E-state index in [1.165, 1.54) is 24.3 Å². The molecule has 0 bridgehead atoms. The van der Waals surface area contributed by atoms with E-state index in [0.717, 1.165) is 19.5 Å². The topological polar surface area (TPSA) is 119 Å². The highest BCUT2D eigenvalue weighted by molar-refractivity contribution is 7.89. The molecule has 0 saturated carbocycles.